The molecule has 0 aromatic rings. The van der Waals surface area contributed by atoms with E-state index in [-0.39, 0.29) is 18.1 Å². The van der Waals surface area contributed by atoms with E-state index in [2.05, 4.69) is 42.6 Å². The van der Waals surface area contributed by atoms with Crippen LogP contribution in [-0.2, 0) is 9.53 Å². The zero-order valence-electron chi connectivity index (χ0n) is 15.8. The molecule has 0 rings (SSSR count). The minimum atomic E-state index is -0.444. The maximum atomic E-state index is 11.9. The van der Waals surface area contributed by atoms with Crippen LogP contribution in [0, 0.1) is 0 Å². The third-order valence-corrected chi connectivity index (χ3v) is 2.62. The van der Waals surface area contributed by atoms with Crippen LogP contribution >= 0.6 is 0 Å². The van der Waals surface area contributed by atoms with Crippen LogP contribution in [0.2, 0.25) is 0 Å². The highest BCUT2D eigenvalue weighted by molar-refractivity contribution is 5.92. The van der Waals surface area contributed by atoms with Gasteiger partial charge < -0.3 is 4.74 Å². The van der Waals surface area contributed by atoms with Crippen molar-refractivity contribution in [3.8, 4) is 0 Å². The van der Waals surface area contributed by atoms with Gasteiger partial charge in [0.2, 0.25) is 0 Å². The first-order valence-electron chi connectivity index (χ1n) is 8.06. The molecule has 0 heterocycles. The Morgan fingerprint density at radius 1 is 1.18 bits per heavy atom. The molecule has 0 aliphatic heterocycles. The molecule has 128 valence electrons. The maximum Gasteiger partial charge on any atom is 0.387 e. The quantitative estimate of drug-likeness (QED) is 0.367. The molecule has 0 aliphatic carbocycles. The highest BCUT2D eigenvalue weighted by Gasteiger charge is 2.21. The second-order valence-corrected chi connectivity index (χ2v) is 7.31. The van der Waals surface area contributed by atoms with E-state index in [4.69, 9.17) is 4.74 Å². The van der Waals surface area contributed by atoms with Gasteiger partial charge in [0.05, 0.1) is 30.8 Å². The molecule has 0 aromatic carbocycles. The van der Waals surface area contributed by atoms with Crippen LogP contribution in [0.5, 0.6) is 0 Å². The Bertz CT molecular complexity index is 426. The summed E-state index contributed by atoms with van der Waals surface area (Å²) in [5.41, 5.74) is 0.534. The van der Waals surface area contributed by atoms with Gasteiger partial charge in [-0.2, -0.15) is 0 Å². The average Bonchev–Trinajstić information content (AvgIpc) is 2.23. The Labute approximate surface area is 135 Å². The molecule has 0 fully saturated rings. The third-order valence-electron chi connectivity index (χ3n) is 2.62. The number of aliphatic imine (C=N–C) groups is 1. The highest BCUT2D eigenvalue weighted by Crippen LogP contribution is 2.08. The fourth-order valence-corrected chi connectivity index (χ4v) is 1.86. The van der Waals surface area contributed by atoms with E-state index < -0.39 is 5.60 Å². The summed E-state index contributed by atoms with van der Waals surface area (Å²) in [5, 5.41) is 3.37. The standard InChI is InChI=1S/C17H33N3O2/c1-12(2)18-16(19-13(3)4)20(14(5)6)11-10-15(21)22-17(7,8)9/h12,14H,10-11H2,1-9H3/p+1. The number of ether oxygens (including phenoxy) is 1. The Morgan fingerprint density at radius 3 is 2.09 bits per heavy atom. The van der Waals surface area contributed by atoms with Crippen LogP contribution in [0.15, 0.2) is 4.99 Å². The van der Waals surface area contributed by atoms with Gasteiger partial charge in [0.1, 0.15) is 5.60 Å². The predicted molar refractivity (Wildman–Crippen MR) is 92.8 cm³/mol. The molecule has 0 atom stereocenters. The van der Waals surface area contributed by atoms with Crippen molar-refractivity contribution in [3.63, 3.8) is 0 Å². The molecule has 5 nitrogen and oxygen atoms in total. The molecule has 0 amide bonds. The SMILES string of the molecule is CC(C)=NC(NC(C)C)=[N+](CCC(=O)OC(C)(C)C)C(C)C. The van der Waals surface area contributed by atoms with E-state index >= 15 is 0 Å². The number of esters is 1. The van der Waals surface area contributed by atoms with Gasteiger partial charge >= 0.3 is 11.9 Å². The van der Waals surface area contributed by atoms with E-state index in [9.17, 15) is 4.79 Å². The first kappa shape index (κ1) is 20.6. The topological polar surface area (TPSA) is 53.7 Å². The number of rotatable bonds is 5. The molecule has 0 spiro atoms. The molecule has 0 saturated carbocycles. The third kappa shape index (κ3) is 9.53. The molecule has 0 aromatic heterocycles. The smallest absolute Gasteiger partial charge is 0.387 e. The molecule has 0 bridgehead atoms. The van der Waals surface area contributed by atoms with Crippen molar-refractivity contribution in [3.05, 3.63) is 0 Å². The van der Waals surface area contributed by atoms with Crippen molar-refractivity contribution in [2.45, 2.75) is 86.4 Å². The number of carbonyl (C=O) groups excluding carboxylic acids is 1. The second kappa shape index (κ2) is 8.91. The van der Waals surface area contributed by atoms with Crippen LogP contribution in [0.1, 0.15) is 68.7 Å². The number of hydrogen-bond donors (Lipinski definition) is 1. The Kier molecular flexibility index (Phi) is 8.35. The van der Waals surface area contributed by atoms with Gasteiger partial charge in [0, 0.05) is 0 Å². The van der Waals surface area contributed by atoms with E-state index in [0.717, 1.165) is 11.7 Å². The van der Waals surface area contributed by atoms with Crippen LogP contribution in [0.4, 0.5) is 0 Å². The lowest BCUT2D eigenvalue weighted by atomic mass is 10.2. The van der Waals surface area contributed by atoms with Crippen LogP contribution < -0.4 is 5.32 Å². The van der Waals surface area contributed by atoms with Gasteiger partial charge in [-0.25, -0.2) is 0 Å². The zero-order valence-corrected chi connectivity index (χ0v) is 15.8. The molecule has 22 heavy (non-hydrogen) atoms. The predicted octanol–water partition coefficient (Wildman–Crippen LogP) is 2.97. The fraction of sp³-hybridized carbons (Fsp3) is 0.824. The summed E-state index contributed by atoms with van der Waals surface area (Å²) in [7, 11) is 0. The van der Waals surface area contributed by atoms with Crippen molar-refractivity contribution >= 4 is 17.6 Å². The summed E-state index contributed by atoms with van der Waals surface area (Å²) in [5.74, 6) is 0.632. The number of nitrogens with one attached hydrogen (secondary N) is 1. The average molecular weight is 312 g/mol. The monoisotopic (exact) mass is 312 g/mol. The molecule has 0 aliphatic rings. The molecule has 0 saturated heterocycles. The van der Waals surface area contributed by atoms with Gasteiger partial charge in [-0.05, 0) is 62.3 Å². The molecular weight excluding hydrogens is 278 g/mol. The lowest BCUT2D eigenvalue weighted by Crippen LogP contribution is -2.41. The molecular formula is C17H34N3O2+. The van der Waals surface area contributed by atoms with Gasteiger partial charge in [-0.1, -0.05) is 4.99 Å². The summed E-state index contributed by atoms with van der Waals surface area (Å²) in [6.07, 6.45) is 0.344. The molecule has 0 radical (unpaired) electrons. The number of hydrogen-bond acceptors (Lipinski definition) is 2. The summed E-state index contributed by atoms with van der Waals surface area (Å²) < 4.78 is 7.49. The van der Waals surface area contributed by atoms with Crippen molar-refractivity contribution < 1.29 is 14.1 Å². The van der Waals surface area contributed by atoms with Gasteiger partial charge in [0.15, 0.2) is 0 Å². The Morgan fingerprint density at radius 2 is 1.73 bits per heavy atom. The zero-order chi connectivity index (χ0) is 17.5. The molecule has 1 N–H and O–H groups in total. The minimum Gasteiger partial charge on any atom is -0.460 e. The number of carbonyl (C=O) groups is 1. The van der Waals surface area contributed by atoms with Gasteiger partial charge in [-0.15, -0.1) is 0 Å². The van der Waals surface area contributed by atoms with Gasteiger partial charge in [0.25, 0.3) is 0 Å². The molecule has 0 unspecified atom stereocenters. The summed E-state index contributed by atoms with van der Waals surface area (Å²) >= 11 is 0. The number of nitrogens with zero attached hydrogens (tertiary/aromatic N) is 2. The summed E-state index contributed by atoms with van der Waals surface area (Å²) in [6.45, 7) is 18.5. The second-order valence-electron chi connectivity index (χ2n) is 7.31. The van der Waals surface area contributed by atoms with Crippen molar-refractivity contribution in [2.75, 3.05) is 6.54 Å². The van der Waals surface area contributed by atoms with E-state index in [1.807, 2.05) is 34.6 Å². The van der Waals surface area contributed by atoms with Crippen molar-refractivity contribution in [1.82, 2.24) is 5.32 Å². The van der Waals surface area contributed by atoms with E-state index in [1.54, 1.807) is 0 Å². The van der Waals surface area contributed by atoms with Crippen molar-refractivity contribution in [2.24, 2.45) is 4.99 Å². The first-order chi connectivity index (χ1) is 9.92. The van der Waals surface area contributed by atoms with E-state index in [1.165, 1.54) is 0 Å². The molecule has 5 heteroatoms. The maximum absolute atomic E-state index is 11.9. The van der Waals surface area contributed by atoms with Crippen molar-refractivity contribution in [1.29, 1.82) is 0 Å². The van der Waals surface area contributed by atoms with Gasteiger partial charge in [-0.3, -0.25) is 14.7 Å². The summed E-state index contributed by atoms with van der Waals surface area (Å²) in [6, 6.07) is 0.521. The highest BCUT2D eigenvalue weighted by atomic mass is 16.6. The fourth-order valence-electron chi connectivity index (χ4n) is 1.86. The Hall–Kier alpha value is -1.39. The Balaban J connectivity index is 5.19. The normalized spacial score (nSPS) is 13.0. The summed E-state index contributed by atoms with van der Waals surface area (Å²) in [4.78, 5) is 16.5. The van der Waals surface area contributed by atoms with E-state index in [0.29, 0.717) is 13.0 Å². The van der Waals surface area contributed by atoms with Crippen LogP contribution in [0.3, 0.4) is 0 Å². The number of guanidine groups is 1. The lowest BCUT2D eigenvalue weighted by Gasteiger charge is -2.20. The minimum absolute atomic E-state index is 0.181. The van der Waals surface area contributed by atoms with Crippen LogP contribution in [-0.4, -0.2) is 46.4 Å². The lowest BCUT2D eigenvalue weighted by molar-refractivity contribution is -0.560. The first-order valence-corrected chi connectivity index (χ1v) is 8.06. The van der Waals surface area contributed by atoms with Crippen LogP contribution in [0.25, 0.3) is 0 Å². The largest absolute Gasteiger partial charge is 0.460 e.